The third-order valence-electron chi connectivity index (χ3n) is 10.7. The lowest BCUT2D eigenvalue weighted by atomic mass is 9.79. The summed E-state index contributed by atoms with van der Waals surface area (Å²) in [6, 6.07) is 15.6. The zero-order valence-corrected chi connectivity index (χ0v) is 34.9. The summed E-state index contributed by atoms with van der Waals surface area (Å²) in [7, 11) is 0. The van der Waals surface area contributed by atoms with Crippen molar-refractivity contribution >= 4 is 66.9 Å². The van der Waals surface area contributed by atoms with Gasteiger partial charge in [0, 0.05) is 6.42 Å². The molecule has 0 nitrogen and oxygen atoms in total. The Morgan fingerprint density at radius 3 is 1.56 bits per heavy atom. The fourth-order valence-corrected chi connectivity index (χ4v) is 9.48. The SMILES string of the molecule is CCCCCCCCCCCCCCCCCC1(F)CC=Cc2c1ccc1c2ccc2ccccc21.CCCCCCCCCC[Si](Cl)(Cl)Cl. The highest BCUT2D eigenvalue weighted by Gasteiger charge is 2.34. The van der Waals surface area contributed by atoms with Crippen LogP contribution < -0.4 is 0 Å². The third kappa shape index (κ3) is 16.3. The van der Waals surface area contributed by atoms with Crippen molar-refractivity contribution in [1.29, 1.82) is 0 Å². The second-order valence-electron chi connectivity index (χ2n) is 15.0. The Hall–Kier alpha value is -1.06. The second kappa shape index (κ2) is 25.0. The van der Waals surface area contributed by atoms with Gasteiger partial charge in [0.15, 0.2) is 0 Å². The van der Waals surface area contributed by atoms with Gasteiger partial charge in [-0.3, -0.25) is 0 Å². The molecule has 0 saturated heterocycles. The van der Waals surface area contributed by atoms with Crippen LogP contribution in [-0.2, 0) is 5.67 Å². The predicted octanol–water partition coefficient (Wildman–Crippen LogP) is 17.6. The van der Waals surface area contributed by atoms with E-state index in [9.17, 15) is 0 Å². The monoisotopic (exact) mass is 760 g/mol. The highest BCUT2D eigenvalue weighted by Crippen LogP contribution is 2.44. The van der Waals surface area contributed by atoms with Crippen molar-refractivity contribution in [3.05, 3.63) is 65.7 Å². The van der Waals surface area contributed by atoms with Gasteiger partial charge >= 0.3 is 6.00 Å². The summed E-state index contributed by atoms with van der Waals surface area (Å²) in [6.07, 6.45) is 35.9. The summed E-state index contributed by atoms with van der Waals surface area (Å²) >= 11 is 17.4. The van der Waals surface area contributed by atoms with Crippen molar-refractivity contribution in [2.24, 2.45) is 0 Å². The topological polar surface area (TPSA) is 0 Å². The number of allylic oxidation sites excluding steroid dienone is 1. The predicted molar refractivity (Wildman–Crippen MR) is 228 cm³/mol. The summed E-state index contributed by atoms with van der Waals surface area (Å²) in [5.41, 5.74) is 0.770. The van der Waals surface area contributed by atoms with Crippen molar-refractivity contribution < 1.29 is 4.39 Å². The van der Waals surface area contributed by atoms with Crippen LogP contribution in [0, 0.1) is 0 Å². The average molecular weight is 762 g/mol. The van der Waals surface area contributed by atoms with E-state index in [0.717, 1.165) is 36.4 Å². The molecular formula is C45H68Cl3FSi. The minimum atomic E-state index is -2.32. The van der Waals surface area contributed by atoms with Crippen LogP contribution in [0.2, 0.25) is 6.04 Å². The van der Waals surface area contributed by atoms with Crippen LogP contribution in [0.25, 0.3) is 27.6 Å². The van der Waals surface area contributed by atoms with E-state index < -0.39 is 11.7 Å². The molecule has 1 atom stereocenters. The maximum Gasteiger partial charge on any atom is 0.341 e. The fourth-order valence-electron chi connectivity index (χ4n) is 7.63. The molecule has 5 heteroatoms. The molecule has 0 N–H and O–H groups in total. The Morgan fingerprint density at radius 1 is 0.540 bits per heavy atom. The Bertz CT molecular complexity index is 1370. The van der Waals surface area contributed by atoms with E-state index in [4.69, 9.17) is 33.2 Å². The molecule has 0 spiro atoms. The molecule has 4 rings (SSSR count). The first kappa shape index (κ1) is 43.3. The zero-order valence-electron chi connectivity index (χ0n) is 31.7. The first-order valence-corrected chi connectivity index (χ1v) is 25.9. The minimum absolute atomic E-state index is 0.512. The molecule has 0 heterocycles. The maximum atomic E-state index is 16.2. The molecule has 0 amide bonds. The average Bonchev–Trinajstić information content (AvgIpc) is 3.11. The van der Waals surface area contributed by atoms with Crippen LogP contribution in [-0.4, -0.2) is 6.00 Å². The van der Waals surface area contributed by atoms with E-state index >= 15 is 4.39 Å². The van der Waals surface area contributed by atoms with Gasteiger partial charge in [-0.15, -0.1) is 33.2 Å². The number of fused-ring (bicyclic) bond motifs is 5. The molecule has 0 saturated carbocycles. The summed E-state index contributed by atoms with van der Waals surface area (Å²) < 4.78 is 16.2. The van der Waals surface area contributed by atoms with Gasteiger partial charge in [0.05, 0.1) is 0 Å². The summed E-state index contributed by atoms with van der Waals surface area (Å²) in [6.45, 7) is 4.53. The van der Waals surface area contributed by atoms with Crippen LogP contribution >= 0.6 is 33.2 Å². The molecule has 50 heavy (non-hydrogen) atoms. The molecule has 1 aliphatic rings. The smallest absolute Gasteiger partial charge is 0.238 e. The lowest BCUT2D eigenvalue weighted by Crippen LogP contribution is -2.23. The largest absolute Gasteiger partial charge is 0.341 e. The number of unbranched alkanes of at least 4 members (excludes halogenated alkanes) is 21. The number of hydrogen-bond acceptors (Lipinski definition) is 0. The highest BCUT2D eigenvalue weighted by molar-refractivity contribution is 7.64. The normalized spacial score (nSPS) is 15.7. The van der Waals surface area contributed by atoms with E-state index in [-0.39, 0.29) is 0 Å². The quantitative estimate of drug-likeness (QED) is 0.0349. The summed E-state index contributed by atoms with van der Waals surface area (Å²) in [5.74, 6) is 0. The van der Waals surface area contributed by atoms with Gasteiger partial charge < -0.3 is 0 Å². The molecule has 1 unspecified atom stereocenters. The Kier molecular flexibility index (Phi) is 21.7. The van der Waals surface area contributed by atoms with E-state index in [1.54, 1.807) is 0 Å². The number of alkyl halides is 1. The lowest BCUT2D eigenvalue weighted by molar-refractivity contribution is 0.147. The van der Waals surface area contributed by atoms with E-state index in [1.165, 1.54) is 150 Å². The molecule has 280 valence electrons. The van der Waals surface area contributed by atoms with Gasteiger partial charge in [-0.1, -0.05) is 216 Å². The molecule has 0 aliphatic heterocycles. The Morgan fingerprint density at radius 2 is 1.02 bits per heavy atom. The van der Waals surface area contributed by atoms with Crippen LogP contribution in [0.4, 0.5) is 4.39 Å². The summed E-state index contributed by atoms with van der Waals surface area (Å²) in [4.78, 5) is 0. The number of rotatable bonds is 25. The molecule has 3 aromatic carbocycles. The molecular weight excluding hydrogens is 694 g/mol. The van der Waals surface area contributed by atoms with Gasteiger partial charge in [0.2, 0.25) is 0 Å². The zero-order chi connectivity index (χ0) is 35.9. The number of halogens is 4. The van der Waals surface area contributed by atoms with Crippen molar-refractivity contribution in [2.45, 2.75) is 186 Å². The lowest BCUT2D eigenvalue weighted by Gasteiger charge is -2.30. The van der Waals surface area contributed by atoms with Crippen molar-refractivity contribution in [3.8, 4) is 0 Å². The van der Waals surface area contributed by atoms with Crippen molar-refractivity contribution in [2.75, 3.05) is 0 Å². The number of hydrogen-bond donors (Lipinski definition) is 0. The van der Waals surface area contributed by atoms with E-state index in [2.05, 4.69) is 74.5 Å². The molecule has 3 aromatic rings. The first-order valence-electron chi connectivity index (χ1n) is 20.7. The molecule has 0 aromatic heterocycles. The van der Waals surface area contributed by atoms with Gasteiger partial charge in [-0.05, 0) is 51.6 Å². The van der Waals surface area contributed by atoms with Crippen molar-refractivity contribution in [1.82, 2.24) is 0 Å². The van der Waals surface area contributed by atoms with Crippen molar-refractivity contribution in [3.63, 3.8) is 0 Å². The van der Waals surface area contributed by atoms with Crippen LogP contribution in [0.1, 0.15) is 185 Å². The standard InChI is InChI=1S/C35H47F.C10H21Cl3Si/c1-2-3-4-5-6-7-8-9-10-11-12-13-14-15-18-27-35(36)28-19-22-33-32-24-23-29-20-16-17-21-30(29)31(32)25-26-34(33)35;1-2-3-4-5-6-7-8-9-10-14(11,12)13/h16-17,19-26H,2-15,18,27-28H2,1H3;2-10H2,1H3. The second-order valence-corrected chi connectivity index (χ2v) is 24.3. The molecule has 0 fully saturated rings. The number of benzene rings is 3. The van der Waals surface area contributed by atoms with Crippen LogP contribution in [0.15, 0.2) is 54.6 Å². The van der Waals surface area contributed by atoms with Crippen LogP contribution in [0.5, 0.6) is 0 Å². The first-order chi connectivity index (χ1) is 24.3. The van der Waals surface area contributed by atoms with E-state index in [0.29, 0.717) is 12.8 Å². The maximum absolute atomic E-state index is 16.2. The molecule has 0 bridgehead atoms. The Balaban J connectivity index is 0.000000409. The molecule has 1 aliphatic carbocycles. The van der Waals surface area contributed by atoms with Gasteiger partial charge in [-0.25, -0.2) is 4.39 Å². The Labute approximate surface area is 321 Å². The fraction of sp³-hybridized carbons (Fsp3) is 0.644. The van der Waals surface area contributed by atoms with Gasteiger partial charge in [0.1, 0.15) is 5.67 Å². The van der Waals surface area contributed by atoms with E-state index in [1.807, 2.05) is 0 Å². The third-order valence-corrected chi connectivity index (χ3v) is 13.3. The minimum Gasteiger partial charge on any atom is -0.238 e. The van der Waals surface area contributed by atoms with Gasteiger partial charge in [0.25, 0.3) is 0 Å². The molecule has 0 radical (unpaired) electrons. The summed E-state index contributed by atoms with van der Waals surface area (Å²) in [5, 5.41) is 4.91. The highest BCUT2D eigenvalue weighted by atomic mass is 35.8. The van der Waals surface area contributed by atoms with Gasteiger partial charge in [-0.2, -0.15) is 0 Å². The van der Waals surface area contributed by atoms with Crippen LogP contribution in [0.3, 0.4) is 0 Å².